The maximum Gasteiger partial charge on any atom is 0.159 e. The predicted molar refractivity (Wildman–Crippen MR) is 67.4 cm³/mol. The Kier molecular flexibility index (Phi) is 3.83. The molecule has 0 bridgehead atoms. The van der Waals surface area contributed by atoms with E-state index in [9.17, 15) is 0 Å². The van der Waals surface area contributed by atoms with E-state index in [1.165, 1.54) is 5.56 Å². The van der Waals surface area contributed by atoms with E-state index in [-0.39, 0.29) is 6.61 Å². The third-order valence-corrected chi connectivity index (χ3v) is 2.64. The van der Waals surface area contributed by atoms with Crippen molar-refractivity contribution < 1.29 is 5.11 Å². The highest BCUT2D eigenvalue weighted by atomic mass is 16.3. The Morgan fingerprint density at radius 2 is 1.65 bits per heavy atom. The molecule has 0 radical (unpaired) electrons. The Morgan fingerprint density at radius 3 is 2.18 bits per heavy atom. The number of hydrogen-bond acceptors (Lipinski definition) is 3. The maximum absolute atomic E-state index is 8.96. The van der Waals surface area contributed by atoms with Gasteiger partial charge in [0.05, 0.1) is 6.61 Å². The standard InChI is InChI=1S/C14H16N2O/c1-2-3-12-8-15-14(16-9-12)13-6-4-11(10-17)5-7-13/h4-9,17H,2-3,10H2,1H3. The molecular weight excluding hydrogens is 212 g/mol. The number of aryl methyl sites for hydroxylation is 1. The molecule has 0 saturated heterocycles. The summed E-state index contributed by atoms with van der Waals surface area (Å²) in [4.78, 5) is 8.70. The van der Waals surface area contributed by atoms with Gasteiger partial charge in [0.25, 0.3) is 0 Å². The van der Waals surface area contributed by atoms with Crippen LogP contribution in [0.25, 0.3) is 11.4 Å². The summed E-state index contributed by atoms with van der Waals surface area (Å²) in [6.45, 7) is 2.21. The molecule has 1 aromatic heterocycles. The third-order valence-electron chi connectivity index (χ3n) is 2.64. The smallest absolute Gasteiger partial charge is 0.159 e. The van der Waals surface area contributed by atoms with Crippen LogP contribution < -0.4 is 0 Å². The van der Waals surface area contributed by atoms with Crippen molar-refractivity contribution in [3.63, 3.8) is 0 Å². The first kappa shape index (κ1) is 11.7. The minimum absolute atomic E-state index is 0.0660. The Balaban J connectivity index is 2.20. The van der Waals surface area contributed by atoms with Crippen molar-refractivity contribution in [1.82, 2.24) is 9.97 Å². The minimum atomic E-state index is 0.0660. The fourth-order valence-electron chi connectivity index (χ4n) is 1.68. The van der Waals surface area contributed by atoms with Crippen LogP contribution in [0, 0.1) is 0 Å². The molecule has 1 heterocycles. The second-order valence-electron chi connectivity index (χ2n) is 4.02. The molecule has 0 amide bonds. The summed E-state index contributed by atoms with van der Waals surface area (Å²) in [5.74, 6) is 0.731. The molecule has 0 aliphatic rings. The number of hydrogen-bond donors (Lipinski definition) is 1. The van der Waals surface area contributed by atoms with E-state index in [0.717, 1.165) is 29.8 Å². The first-order valence-electron chi connectivity index (χ1n) is 5.84. The Hall–Kier alpha value is -1.74. The van der Waals surface area contributed by atoms with Gasteiger partial charge in [-0.1, -0.05) is 37.6 Å². The summed E-state index contributed by atoms with van der Waals surface area (Å²) in [6.07, 6.45) is 5.88. The second kappa shape index (κ2) is 5.55. The fraction of sp³-hybridized carbons (Fsp3) is 0.286. The average Bonchev–Trinajstić information content (AvgIpc) is 2.40. The van der Waals surface area contributed by atoms with Crippen molar-refractivity contribution in [2.24, 2.45) is 0 Å². The number of rotatable bonds is 4. The maximum atomic E-state index is 8.96. The van der Waals surface area contributed by atoms with Crippen molar-refractivity contribution in [2.45, 2.75) is 26.4 Å². The Morgan fingerprint density at radius 1 is 1.00 bits per heavy atom. The first-order chi connectivity index (χ1) is 8.33. The summed E-state index contributed by atoms with van der Waals surface area (Å²) < 4.78 is 0. The van der Waals surface area contributed by atoms with Gasteiger partial charge in [0.1, 0.15) is 0 Å². The number of aromatic nitrogens is 2. The normalized spacial score (nSPS) is 10.5. The Bertz CT molecular complexity index is 463. The molecular formula is C14H16N2O. The van der Waals surface area contributed by atoms with E-state index in [4.69, 9.17) is 5.11 Å². The van der Waals surface area contributed by atoms with Crippen LogP contribution in [-0.2, 0) is 13.0 Å². The summed E-state index contributed by atoms with van der Waals surface area (Å²) in [6, 6.07) is 7.64. The van der Waals surface area contributed by atoms with Gasteiger partial charge < -0.3 is 5.11 Å². The van der Waals surface area contributed by atoms with Crippen molar-refractivity contribution in [2.75, 3.05) is 0 Å². The molecule has 2 aromatic rings. The lowest BCUT2D eigenvalue weighted by Gasteiger charge is -2.02. The van der Waals surface area contributed by atoms with Crippen molar-refractivity contribution in [3.8, 4) is 11.4 Å². The van der Waals surface area contributed by atoms with Gasteiger partial charge in [-0.15, -0.1) is 0 Å². The number of nitrogens with zero attached hydrogens (tertiary/aromatic N) is 2. The Labute approximate surface area is 101 Å². The van der Waals surface area contributed by atoms with Gasteiger partial charge in [-0.2, -0.15) is 0 Å². The summed E-state index contributed by atoms with van der Waals surface area (Å²) in [5.41, 5.74) is 3.05. The van der Waals surface area contributed by atoms with Crippen molar-refractivity contribution in [1.29, 1.82) is 0 Å². The highest BCUT2D eigenvalue weighted by Gasteiger charge is 2.01. The third kappa shape index (κ3) is 2.88. The van der Waals surface area contributed by atoms with Gasteiger partial charge in [0, 0.05) is 18.0 Å². The molecule has 2 rings (SSSR count). The van der Waals surface area contributed by atoms with Crippen LogP contribution in [0.4, 0.5) is 0 Å². The molecule has 0 spiro atoms. The molecule has 3 nitrogen and oxygen atoms in total. The first-order valence-corrected chi connectivity index (χ1v) is 5.84. The predicted octanol–water partition coefficient (Wildman–Crippen LogP) is 2.59. The van der Waals surface area contributed by atoms with Gasteiger partial charge >= 0.3 is 0 Å². The average molecular weight is 228 g/mol. The lowest BCUT2D eigenvalue weighted by atomic mass is 10.1. The van der Waals surface area contributed by atoms with E-state index in [1.807, 2.05) is 36.7 Å². The summed E-state index contributed by atoms with van der Waals surface area (Å²) >= 11 is 0. The quantitative estimate of drug-likeness (QED) is 0.874. The van der Waals surface area contributed by atoms with Crippen LogP contribution >= 0.6 is 0 Å². The van der Waals surface area contributed by atoms with Gasteiger partial charge in [0.2, 0.25) is 0 Å². The molecule has 1 aromatic carbocycles. The van der Waals surface area contributed by atoms with E-state index in [0.29, 0.717) is 0 Å². The van der Waals surface area contributed by atoms with E-state index >= 15 is 0 Å². The van der Waals surface area contributed by atoms with Crippen molar-refractivity contribution in [3.05, 3.63) is 47.8 Å². The molecule has 88 valence electrons. The molecule has 0 saturated carbocycles. The molecule has 0 aliphatic carbocycles. The van der Waals surface area contributed by atoms with Gasteiger partial charge in [-0.25, -0.2) is 9.97 Å². The lowest BCUT2D eigenvalue weighted by Crippen LogP contribution is -1.92. The summed E-state index contributed by atoms with van der Waals surface area (Å²) in [5, 5.41) is 8.96. The highest BCUT2D eigenvalue weighted by molar-refractivity contribution is 5.54. The molecule has 1 N–H and O–H groups in total. The van der Waals surface area contributed by atoms with Gasteiger partial charge in [0.15, 0.2) is 5.82 Å². The monoisotopic (exact) mass is 228 g/mol. The van der Waals surface area contributed by atoms with E-state index in [1.54, 1.807) is 0 Å². The molecule has 0 atom stereocenters. The number of benzene rings is 1. The number of aliphatic hydroxyl groups is 1. The zero-order chi connectivity index (χ0) is 12.1. The largest absolute Gasteiger partial charge is 0.392 e. The van der Waals surface area contributed by atoms with Gasteiger partial charge in [-0.3, -0.25) is 0 Å². The molecule has 0 fully saturated rings. The molecule has 0 unspecified atom stereocenters. The lowest BCUT2D eigenvalue weighted by molar-refractivity contribution is 0.282. The number of aliphatic hydroxyl groups excluding tert-OH is 1. The fourth-order valence-corrected chi connectivity index (χ4v) is 1.68. The van der Waals surface area contributed by atoms with Crippen LogP contribution in [0.5, 0.6) is 0 Å². The zero-order valence-corrected chi connectivity index (χ0v) is 9.93. The van der Waals surface area contributed by atoms with Crippen LogP contribution in [0.3, 0.4) is 0 Å². The molecule has 3 heteroatoms. The SMILES string of the molecule is CCCc1cnc(-c2ccc(CO)cc2)nc1. The molecule has 17 heavy (non-hydrogen) atoms. The highest BCUT2D eigenvalue weighted by Crippen LogP contribution is 2.15. The minimum Gasteiger partial charge on any atom is -0.392 e. The van der Waals surface area contributed by atoms with Crippen LogP contribution in [-0.4, -0.2) is 15.1 Å². The second-order valence-corrected chi connectivity index (χ2v) is 4.02. The van der Waals surface area contributed by atoms with Crippen LogP contribution in [0.1, 0.15) is 24.5 Å². The molecule has 0 aliphatic heterocycles. The van der Waals surface area contributed by atoms with E-state index in [2.05, 4.69) is 16.9 Å². The zero-order valence-electron chi connectivity index (χ0n) is 9.93. The van der Waals surface area contributed by atoms with Gasteiger partial charge in [-0.05, 0) is 17.5 Å². The van der Waals surface area contributed by atoms with Crippen molar-refractivity contribution >= 4 is 0 Å². The van der Waals surface area contributed by atoms with E-state index < -0.39 is 0 Å². The topological polar surface area (TPSA) is 46.0 Å². The van der Waals surface area contributed by atoms with Crippen LogP contribution in [0.15, 0.2) is 36.7 Å². The summed E-state index contributed by atoms with van der Waals surface area (Å²) in [7, 11) is 0. The van der Waals surface area contributed by atoms with Crippen LogP contribution in [0.2, 0.25) is 0 Å².